The molecule has 0 saturated heterocycles. The maximum absolute atomic E-state index is 12.7. The van der Waals surface area contributed by atoms with Crippen LogP contribution in [0.15, 0.2) is 18.2 Å². The third-order valence-electron chi connectivity index (χ3n) is 5.32. The SMILES string of the molecule is CCCC(C)C(=O)O[C@@H](C)[C@H](C)OC(=O)[C@@H](N)Cc1ccc(OC(=O)OC(C)(C)C)c(OC(=O)OC(C)(C)C)c1. The van der Waals surface area contributed by atoms with Gasteiger partial charge < -0.3 is 34.2 Å². The smallest absolute Gasteiger partial charge is 0.459 e. The van der Waals surface area contributed by atoms with Gasteiger partial charge in [-0.3, -0.25) is 9.59 Å². The molecule has 11 heteroatoms. The van der Waals surface area contributed by atoms with Crippen molar-refractivity contribution in [2.45, 2.75) is 118 Å². The van der Waals surface area contributed by atoms with Crippen molar-refractivity contribution in [1.29, 1.82) is 0 Å². The fraction of sp³-hybridized carbons (Fsp3) is 0.655. The molecule has 0 saturated carbocycles. The molecule has 0 aliphatic heterocycles. The number of nitrogens with two attached hydrogens (primary N) is 1. The van der Waals surface area contributed by atoms with E-state index in [9.17, 15) is 19.2 Å². The molecule has 0 heterocycles. The van der Waals surface area contributed by atoms with Crippen LogP contribution in [0.2, 0.25) is 0 Å². The largest absolute Gasteiger partial charge is 0.514 e. The van der Waals surface area contributed by atoms with Gasteiger partial charge in [0.2, 0.25) is 0 Å². The lowest BCUT2D eigenvalue weighted by molar-refractivity contribution is -0.168. The summed E-state index contributed by atoms with van der Waals surface area (Å²) in [6.45, 7) is 17.1. The molecule has 40 heavy (non-hydrogen) atoms. The first-order chi connectivity index (χ1) is 18.3. The van der Waals surface area contributed by atoms with Crippen LogP contribution in [0.25, 0.3) is 0 Å². The molecule has 1 aromatic rings. The molecule has 1 unspecified atom stereocenters. The molecular formula is C29H45NO10. The van der Waals surface area contributed by atoms with Crippen molar-refractivity contribution >= 4 is 24.2 Å². The van der Waals surface area contributed by atoms with E-state index in [0.717, 1.165) is 6.42 Å². The van der Waals surface area contributed by atoms with Crippen LogP contribution in [-0.4, -0.2) is 53.7 Å². The Morgan fingerprint density at radius 3 is 1.73 bits per heavy atom. The van der Waals surface area contributed by atoms with Crippen LogP contribution >= 0.6 is 0 Å². The second-order valence-electron chi connectivity index (χ2n) is 11.7. The van der Waals surface area contributed by atoms with E-state index in [4.69, 9.17) is 34.2 Å². The second kappa shape index (κ2) is 14.9. The number of rotatable bonds is 11. The van der Waals surface area contributed by atoms with E-state index in [1.807, 2.05) is 6.92 Å². The second-order valence-corrected chi connectivity index (χ2v) is 11.7. The first-order valence-corrected chi connectivity index (χ1v) is 13.4. The fourth-order valence-corrected chi connectivity index (χ4v) is 3.21. The first-order valence-electron chi connectivity index (χ1n) is 13.4. The van der Waals surface area contributed by atoms with Crippen LogP contribution in [0, 0.1) is 5.92 Å². The molecule has 0 bridgehead atoms. The van der Waals surface area contributed by atoms with Crippen LogP contribution < -0.4 is 15.2 Å². The third-order valence-corrected chi connectivity index (χ3v) is 5.32. The molecule has 226 valence electrons. The Kier molecular flexibility index (Phi) is 12.9. The van der Waals surface area contributed by atoms with Gasteiger partial charge in [0.05, 0.1) is 5.92 Å². The molecule has 0 aliphatic rings. The quantitative estimate of drug-likeness (QED) is 0.206. The van der Waals surface area contributed by atoms with Gasteiger partial charge in [0, 0.05) is 0 Å². The molecule has 0 amide bonds. The molecule has 2 N–H and O–H groups in total. The van der Waals surface area contributed by atoms with Crippen LogP contribution in [0.5, 0.6) is 11.5 Å². The molecule has 0 fully saturated rings. The first kappa shape index (κ1) is 34.7. The minimum absolute atomic E-state index is 0.00462. The minimum Gasteiger partial charge on any atom is -0.459 e. The summed E-state index contributed by atoms with van der Waals surface area (Å²) in [5.74, 6) is -1.54. The highest BCUT2D eigenvalue weighted by molar-refractivity contribution is 5.76. The van der Waals surface area contributed by atoms with Crippen molar-refractivity contribution in [3.8, 4) is 11.5 Å². The van der Waals surface area contributed by atoms with Gasteiger partial charge in [0.15, 0.2) is 11.5 Å². The monoisotopic (exact) mass is 567 g/mol. The Morgan fingerprint density at radius 2 is 1.25 bits per heavy atom. The summed E-state index contributed by atoms with van der Waals surface area (Å²) >= 11 is 0. The van der Waals surface area contributed by atoms with Gasteiger partial charge in [0.1, 0.15) is 29.5 Å². The lowest BCUT2D eigenvalue weighted by Crippen LogP contribution is -2.40. The highest BCUT2D eigenvalue weighted by Gasteiger charge is 2.27. The van der Waals surface area contributed by atoms with E-state index in [2.05, 4.69) is 0 Å². The predicted molar refractivity (Wildman–Crippen MR) is 147 cm³/mol. The molecule has 4 atom stereocenters. The molecule has 0 aliphatic carbocycles. The van der Waals surface area contributed by atoms with Crippen molar-refractivity contribution < 1.29 is 47.6 Å². The molecule has 0 aromatic heterocycles. The van der Waals surface area contributed by atoms with Crippen molar-refractivity contribution in [3.05, 3.63) is 23.8 Å². The molecular weight excluding hydrogens is 522 g/mol. The molecule has 0 radical (unpaired) electrons. The maximum Gasteiger partial charge on any atom is 0.514 e. The predicted octanol–water partition coefficient (Wildman–Crippen LogP) is 5.48. The van der Waals surface area contributed by atoms with Gasteiger partial charge in [-0.15, -0.1) is 0 Å². The van der Waals surface area contributed by atoms with Crippen molar-refractivity contribution in [2.24, 2.45) is 11.7 Å². The zero-order chi connectivity index (χ0) is 30.8. The van der Waals surface area contributed by atoms with Crippen LogP contribution in [-0.2, 0) is 35.0 Å². The number of carbonyl (C=O) groups excluding carboxylic acids is 4. The van der Waals surface area contributed by atoms with Gasteiger partial charge in [-0.25, -0.2) is 9.59 Å². The van der Waals surface area contributed by atoms with E-state index in [1.165, 1.54) is 12.1 Å². The summed E-state index contributed by atoms with van der Waals surface area (Å²) in [5.41, 5.74) is 4.94. The summed E-state index contributed by atoms with van der Waals surface area (Å²) in [6.07, 6.45) is -1.86. The standard InChI is InChI=1S/C29H45NO10/c1-11-12-17(2)24(31)35-18(3)19(4)36-25(32)21(30)15-20-13-14-22(37-26(33)39-28(5,6)7)23(16-20)38-27(34)40-29(8,9)10/h13-14,16-19,21H,11-12,15,30H2,1-10H3/t17?,18-,19-,21-/m0/s1. The summed E-state index contributed by atoms with van der Waals surface area (Å²) in [5, 5.41) is 0. The van der Waals surface area contributed by atoms with E-state index >= 15 is 0 Å². The molecule has 11 nitrogen and oxygen atoms in total. The van der Waals surface area contributed by atoms with Gasteiger partial charge in [-0.05, 0) is 85.9 Å². The Balaban J connectivity index is 2.98. The van der Waals surface area contributed by atoms with Gasteiger partial charge in [0.25, 0.3) is 0 Å². The van der Waals surface area contributed by atoms with Gasteiger partial charge in [-0.2, -0.15) is 0 Å². The van der Waals surface area contributed by atoms with Crippen LogP contribution in [0.4, 0.5) is 9.59 Å². The number of esters is 2. The Hall–Kier alpha value is -3.34. The van der Waals surface area contributed by atoms with Crippen molar-refractivity contribution in [1.82, 2.24) is 0 Å². The van der Waals surface area contributed by atoms with Crippen molar-refractivity contribution in [2.75, 3.05) is 0 Å². The van der Waals surface area contributed by atoms with Crippen LogP contribution in [0.1, 0.15) is 87.6 Å². The maximum atomic E-state index is 12.7. The van der Waals surface area contributed by atoms with Crippen molar-refractivity contribution in [3.63, 3.8) is 0 Å². The van der Waals surface area contributed by atoms with E-state index in [0.29, 0.717) is 12.0 Å². The molecule has 0 spiro atoms. The summed E-state index contributed by atoms with van der Waals surface area (Å²) in [4.78, 5) is 49.4. The summed E-state index contributed by atoms with van der Waals surface area (Å²) < 4.78 is 31.8. The average molecular weight is 568 g/mol. The summed E-state index contributed by atoms with van der Waals surface area (Å²) in [7, 11) is 0. The minimum atomic E-state index is -1.09. The number of benzene rings is 1. The fourth-order valence-electron chi connectivity index (χ4n) is 3.21. The lowest BCUT2D eigenvalue weighted by Gasteiger charge is -2.24. The van der Waals surface area contributed by atoms with E-state index < -0.39 is 47.7 Å². The Bertz CT molecular complexity index is 1020. The van der Waals surface area contributed by atoms with Gasteiger partial charge in [-0.1, -0.05) is 26.3 Å². The highest BCUT2D eigenvalue weighted by atomic mass is 16.8. The zero-order valence-electron chi connectivity index (χ0n) is 25.3. The highest BCUT2D eigenvalue weighted by Crippen LogP contribution is 2.31. The van der Waals surface area contributed by atoms with E-state index in [1.54, 1.807) is 68.4 Å². The van der Waals surface area contributed by atoms with Gasteiger partial charge >= 0.3 is 24.2 Å². The topological polar surface area (TPSA) is 150 Å². The van der Waals surface area contributed by atoms with E-state index in [-0.39, 0.29) is 29.8 Å². The zero-order valence-corrected chi connectivity index (χ0v) is 25.3. The average Bonchev–Trinajstić information content (AvgIpc) is 2.78. The summed E-state index contributed by atoms with van der Waals surface area (Å²) in [6, 6.07) is 3.26. The lowest BCUT2D eigenvalue weighted by atomic mass is 10.1. The number of ether oxygens (including phenoxy) is 6. The Morgan fingerprint density at radius 1 is 0.775 bits per heavy atom. The number of hydrogen-bond acceptors (Lipinski definition) is 11. The van der Waals surface area contributed by atoms with Crippen LogP contribution in [0.3, 0.4) is 0 Å². The third kappa shape index (κ3) is 13.1. The number of carbonyl (C=O) groups is 4. The normalized spacial score (nSPS) is 14.7. The number of hydrogen-bond donors (Lipinski definition) is 1. The molecule has 1 rings (SSSR count). The molecule has 1 aromatic carbocycles. The Labute approximate surface area is 236 Å².